The average Bonchev–Trinajstić information content (AvgIpc) is 3.11. The highest BCUT2D eigenvalue weighted by Gasteiger charge is 2.54. The van der Waals surface area contributed by atoms with Crippen LogP contribution in [-0.4, -0.2) is 37.1 Å². The number of benzene rings is 1. The molecule has 2 fully saturated rings. The summed E-state index contributed by atoms with van der Waals surface area (Å²) in [5.74, 6) is -1.23. The van der Waals surface area contributed by atoms with Crippen LogP contribution in [0.4, 0.5) is 17.6 Å². The van der Waals surface area contributed by atoms with Crippen molar-refractivity contribution in [3.05, 3.63) is 35.1 Å². The van der Waals surface area contributed by atoms with Gasteiger partial charge >= 0.3 is 6.18 Å². The fourth-order valence-corrected chi connectivity index (χ4v) is 3.11. The van der Waals surface area contributed by atoms with Crippen molar-refractivity contribution in [2.45, 2.75) is 36.9 Å². The van der Waals surface area contributed by atoms with Gasteiger partial charge in [0.15, 0.2) is 0 Å². The van der Waals surface area contributed by atoms with Crippen molar-refractivity contribution in [2.75, 3.05) is 20.3 Å². The number of ether oxygens (including phenoxy) is 1. The molecular weight excluding hydrogens is 314 g/mol. The maximum Gasteiger partial charge on any atom is 0.416 e. The monoisotopic (exact) mass is 331 g/mol. The van der Waals surface area contributed by atoms with E-state index >= 15 is 0 Å². The van der Waals surface area contributed by atoms with E-state index in [2.05, 4.69) is 0 Å². The molecule has 1 saturated carbocycles. The van der Waals surface area contributed by atoms with E-state index in [0.717, 1.165) is 12.1 Å². The Morgan fingerprint density at radius 3 is 2.52 bits per heavy atom. The van der Waals surface area contributed by atoms with E-state index in [9.17, 15) is 22.4 Å². The molecule has 1 aromatic rings. The van der Waals surface area contributed by atoms with Gasteiger partial charge in [0.05, 0.1) is 23.6 Å². The van der Waals surface area contributed by atoms with Crippen LogP contribution in [0.1, 0.15) is 30.4 Å². The molecule has 2 aliphatic rings. The van der Waals surface area contributed by atoms with Crippen LogP contribution >= 0.6 is 0 Å². The average molecular weight is 331 g/mol. The molecule has 1 aliphatic heterocycles. The minimum absolute atomic E-state index is 0.0735. The number of amides is 1. The van der Waals surface area contributed by atoms with Gasteiger partial charge in [-0.2, -0.15) is 13.2 Å². The molecule has 3 nitrogen and oxygen atoms in total. The minimum Gasteiger partial charge on any atom is -0.379 e. The molecule has 1 saturated heterocycles. The fourth-order valence-electron chi connectivity index (χ4n) is 3.11. The van der Waals surface area contributed by atoms with Gasteiger partial charge in [-0.15, -0.1) is 0 Å². The Kier molecular flexibility index (Phi) is 3.86. The van der Waals surface area contributed by atoms with Gasteiger partial charge in [-0.3, -0.25) is 4.79 Å². The molecule has 0 spiro atoms. The van der Waals surface area contributed by atoms with Crippen LogP contribution in [0.3, 0.4) is 0 Å². The SMILES string of the molecule is CN(C(=O)C1(c2cc(F)cc(C(F)(F)F)c2)CC1)C1CCOC1. The van der Waals surface area contributed by atoms with Gasteiger partial charge in [-0.05, 0) is 43.0 Å². The Labute approximate surface area is 131 Å². The number of carbonyl (C=O) groups excluding carboxylic acids is 1. The highest BCUT2D eigenvalue weighted by atomic mass is 19.4. The number of hydrogen-bond donors (Lipinski definition) is 0. The quantitative estimate of drug-likeness (QED) is 0.797. The first-order valence-corrected chi connectivity index (χ1v) is 7.47. The Morgan fingerprint density at radius 1 is 1.30 bits per heavy atom. The van der Waals surface area contributed by atoms with Gasteiger partial charge in [0, 0.05) is 13.7 Å². The van der Waals surface area contributed by atoms with Crippen LogP contribution in [0.2, 0.25) is 0 Å². The van der Waals surface area contributed by atoms with Crippen molar-refractivity contribution in [3.63, 3.8) is 0 Å². The Hall–Kier alpha value is -1.63. The molecule has 1 amide bonds. The molecule has 1 atom stereocenters. The molecule has 0 bridgehead atoms. The predicted molar refractivity (Wildman–Crippen MR) is 74.3 cm³/mol. The summed E-state index contributed by atoms with van der Waals surface area (Å²) in [6.45, 7) is 0.989. The molecule has 3 rings (SSSR count). The topological polar surface area (TPSA) is 29.5 Å². The number of hydrogen-bond acceptors (Lipinski definition) is 2. The van der Waals surface area contributed by atoms with Gasteiger partial charge < -0.3 is 9.64 Å². The molecule has 0 radical (unpaired) electrons. The first-order chi connectivity index (χ1) is 10.7. The summed E-state index contributed by atoms with van der Waals surface area (Å²) in [6.07, 6.45) is -3.06. The summed E-state index contributed by atoms with van der Waals surface area (Å²) in [4.78, 5) is 14.3. The smallest absolute Gasteiger partial charge is 0.379 e. The standard InChI is InChI=1S/C16H17F4NO2/c1-21(13-2-5-23-9-13)14(22)15(3-4-15)10-6-11(16(18,19)20)8-12(17)7-10/h6-8,13H,2-5,9H2,1H3. The third-order valence-corrected chi connectivity index (χ3v) is 4.71. The first-order valence-electron chi connectivity index (χ1n) is 7.47. The lowest BCUT2D eigenvalue weighted by atomic mass is 9.92. The number of carbonyl (C=O) groups is 1. The molecule has 23 heavy (non-hydrogen) atoms. The summed E-state index contributed by atoms with van der Waals surface area (Å²) < 4.78 is 57.5. The largest absolute Gasteiger partial charge is 0.416 e. The van der Waals surface area contributed by atoms with E-state index < -0.39 is 23.0 Å². The van der Waals surface area contributed by atoms with Crippen LogP contribution in [0, 0.1) is 5.82 Å². The van der Waals surface area contributed by atoms with Gasteiger partial charge in [-0.1, -0.05) is 0 Å². The Bertz CT molecular complexity index is 619. The molecule has 0 N–H and O–H groups in total. The van der Waals surface area contributed by atoms with Crippen molar-refractivity contribution in [1.29, 1.82) is 0 Å². The second-order valence-corrected chi connectivity index (χ2v) is 6.24. The molecule has 1 unspecified atom stereocenters. The predicted octanol–water partition coefficient (Wildman–Crippen LogP) is 3.12. The van der Waals surface area contributed by atoms with Crippen LogP contribution in [0.5, 0.6) is 0 Å². The molecule has 1 aromatic carbocycles. The zero-order valence-electron chi connectivity index (χ0n) is 12.6. The van der Waals surface area contributed by atoms with Crippen molar-refractivity contribution >= 4 is 5.91 Å². The van der Waals surface area contributed by atoms with Crippen molar-refractivity contribution < 1.29 is 27.1 Å². The lowest BCUT2D eigenvalue weighted by Gasteiger charge is -2.28. The first kappa shape index (κ1) is 16.2. The van der Waals surface area contributed by atoms with Crippen LogP contribution in [0.25, 0.3) is 0 Å². The van der Waals surface area contributed by atoms with Gasteiger partial charge in [0.1, 0.15) is 5.82 Å². The second-order valence-electron chi connectivity index (χ2n) is 6.24. The molecule has 1 heterocycles. The van der Waals surface area contributed by atoms with E-state index in [-0.39, 0.29) is 17.5 Å². The lowest BCUT2D eigenvalue weighted by Crippen LogP contribution is -2.43. The third kappa shape index (κ3) is 2.94. The van der Waals surface area contributed by atoms with E-state index in [0.29, 0.717) is 38.5 Å². The van der Waals surface area contributed by atoms with Crippen LogP contribution < -0.4 is 0 Å². The molecule has 7 heteroatoms. The highest BCUT2D eigenvalue weighted by Crippen LogP contribution is 2.51. The van der Waals surface area contributed by atoms with E-state index in [1.165, 1.54) is 4.90 Å². The summed E-state index contributed by atoms with van der Waals surface area (Å²) in [5, 5.41) is 0. The van der Waals surface area contributed by atoms with E-state index in [1.54, 1.807) is 7.05 Å². The zero-order chi connectivity index (χ0) is 16.8. The van der Waals surface area contributed by atoms with Crippen molar-refractivity contribution in [2.24, 2.45) is 0 Å². The maximum absolute atomic E-state index is 13.6. The van der Waals surface area contributed by atoms with E-state index in [1.807, 2.05) is 0 Å². The number of likely N-dealkylation sites (N-methyl/N-ethyl adjacent to an activating group) is 1. The number of nitrogens with zero attached hydrogens (tertiary/aromatic N) is 1. The molecule has 0 aromatic heterocycles. The number of alkyl halides is 3. The summed E-state index contributed by atoms with van der Waals surface area (Å²) in [6, 6.07) is 2.32. The van der Waals surface area contributed by atoms with Gasteiger partial charge in [0.2, 0.25) is 5.91 Å². The van der Waals surface area contributed by atoms with Gasteiger partial charge in [0.25, 0.3) is 0 Å². The summed E-state index contributed by atoms with van der Waals surface area (Å²) in [5.41, 5.74) is -1.97. The number of rotatable bonds is 3. The maximum atomic E-state index is 13.6. The molecular formula is C16H17F4NO2. The highest BCUT2D eigenvalue weighted by molar-refractivity contribution is 5.91. The summed E-state index contributed by atoms with van der Waals surface area (Å²) in [7, 11) is 1.63. The molecule has 126 valence electrons. The summed E-state index contributed by atoms with van der Waals surface area (Å²) >= 11 is 0. The Balaban J connectivity index is 1.91. The minimum atomic E-state index is -4.64. The Morgan fingerprint density at radius 2 is 2.00 bits per heavy atom. The van der Waals surface area contributed by atoms with Crippen LogP contribution in [0.15, 0.2) is 18.2 Å². The normalized spacial score (nSPS) is 22.9. The lowest BCUT2D eigenvalue weighted by molar-refractivity contribution is -0.138. The molecule has 1 aliphatic carbocycles. The second kappa shape index (κ2) is 5.47. The third-order valence-electron chi connectivity index (χ3n) is 4.71. The number of halogens is 4. The van der Waals surface area contributed by atoms with E-state index in [4.69, 9.17) is 4.74 Å². The van der Waals surface area contributed by atoms with Crippen molar-refractivity contribution in [3.8, 4) is 0 Å². The fraction of sp³-hybridized carbons (Fsp3) is 0.562. The van der Waals surface area contributed by atoms with Crippen LogP contribution in [-0.2, 0) is 21.1 Å². The van der Waals surface area contributed by atoms with Gasteiger partial charge in [-0.25, -0.2) is 4.39 Å². The zero-order valence-corrected chi connectivity index (χ0v) is 12.6. The van der Waals surface area contributed by atoms with Crippen molar-refractivity contribution in [1.82, 2.24) is 4.90 Å².